The Labute approximate surface area is 179 Å². The largest absolute Gasteiger partial charge is 0.364 e. The van der Waals surface area contributed by atoms with Crippen LogP contribution in [0.3, 0.4) is 0 Å². The second-order valence-electron chi connectivity index (χ2n) is 7.74. The van der Waals surface area contributed by atoms with Crippen LogP contribution in [0, 0.1) is 0 Å². The summed E-state index contributed by atoms with van der Waals surface area (Å²) in [6.45, 7) is 2.21. The second-order valence-corrected chi connectivity index (χ2v) is 7.74. The molecule has 0 fully saturated rings. The summed E-state index contributed by atoms with van der Waals surface area (Å²) in [7, 11) is 1.87. The third kappa shape index (κ3) is 3.62. The number of carbonyl (C=O) groups is 1. The van der Waals surface area contributed by atoms with E-state index in [1.165, 1.54) is 0 Å². The van der Waals surface area contributed by atoms with E-state index in [9.17, 15) is 4.79 Å². The molecule has 31 heavy (non-hydrogen) atoms. The SMILES string of the molecule is Cn1nc(C(N)=O)c2c1CCN(Cc1cn(-c3ccccc3)nc1-c1ccncc1)C2. The fraction of sp³-hybridized carbons (Fsp3) is 0.217. The van der Waals surface area contributed by atoms with Gasteiger partial charge in [0.15, 0.2) is 5.69 Å². The van der Waals surface area contributed by atoms with Crippen LogP contribution in [0.25, 0.3) is 16.9 Å². The van der Waals surface area contributed by atoms with Gasteiger partial charge in [0, 0.05) is 74.1 Å². The van der Waals surface area contributed by atoms with Crippen LogP contribution in [0.15, 0.2) is 61.1 Å². The molecule has 156 valence electrons. The predicted molar refractivity (Wildman–Crippen MR) is 116 cm³/mol. The number of hydrogen-bond acceptors (Lipinski definition) is 5. The summed E-state index contributed by atoms with van der Waals surface area (Å²) in [4.78, 5) is 18.3. The van der Waals surface area contributed by atoms with Crippen molar-refractivity contribution >= 4 is 5.91 Å². The minimum atomic E-state index is -0.479. The number of hydrogen-bond donors (Lipinski definition) is 1. The number of nitrogens with zero attached hydrogens (tertiary/aromatic N) is 6. The third-order valence-electron chi connectivity index (χ3n) is 5.71. The van der Waals surface area contributed by atoms with Crippen molar-refractivity contribution in [2.45, 2.75) is 19.5 Å². The van der Waals surface area contributed by atoms with Crippen molar-refractivity contribution < 1.29 is 4.79 Å². The molecule has 1 aliphatic heterocycles. The fourth-order valence-corrected chi connectivity index (χ4v) is 4.21. The van der Waals surface area contributed by atoms with Crippen molar-refractivity contribution in [2.75, 3.05) is 6.54 Å². The van der Waals surface area contributed by atoms with Crippen LogP contribution in [-0.4, -0.2) is 41.9 Å². The summed E-state index contributed by atoms with van der Waals surface area (Å²) in [6.07, 6.45) is 6.47. The molecule has 8 nitrogen and oxygen atoms in total. The Kier molecular flexibility index (Phi) is 4.83. The first kappa shape index (κ1) is 19.2. The van der Waals surface area contributed by atoms with Crippen LogP contribution < -0.4 is 5.73 Å². The van der Waals surface area contributed by atoms with Crippen molar-refractivity contribution in [3.8, 4) is 16.9 Å². The van der Waals surface area contributed by atoms with Crippen LogP contribution in [0.2, 0.25) is 0 Å². The highest BCUT2D eigenvalue weighted by molar-refractivity contribution is 5.92. The Morgan fingerprint density at radius 2 is 1.87 bits per heavy atom. The first-order valence-corrected chi connectivity index (χ1v) is 10.2. The Morgan fingerprint density at radius 3 is 2.61 bits per heavy atom. The first-order valence-electron chi connectivity index (χ1n) is 10.2. The van der Waals surface area contributed by atoms with E-state index in [1.807, 2.05) is 54.2 Å². The number of benzene rings is 1. The van der Waals surface area contributed by atoms with Gasteiger partial charge in [0.2, 0.25) is 0 Å². The zero-order valence-corrected chi connectivity index (χ0v) is 17.3. The molecule has 0 spiro atoms. The van der Waals surface area contributed by atoms with E-state index < -0.39 is 5.91 Å². The van der Waals surface area contributed by atoms with Gasteiger partial charge in [0.05, 0.1) is 11.4 Å². The minimum absolute atomic E-state index is 0.372. The smallest absolute Gasteiger partial charge is 0.269 e. The molecule has 0 atom stereocenters. The highest BCUT2D eigenvalue weighted by atomic mass is 16.1. The standard InChI is InChI=1S/C23H23N7O/c1-28-20-9-12-29(15-19(20)22(26-28)23(24)31)13-17-14-30(18-5-3-2-4-6-18)27-21(17)16-7-10-25-11-8-16/h2-8,10-11,14H,9,12-13,15H2,1H3,(H2,24,31). The van der Waals surface area contributed by atoms with E-state index in [0.717, 1.165) is 46.7 Å². The van der Waals surface area contributed by atoms with Crippen molar-refractivity contribution in [2.24, 2.45) is 12.8 Å². The molecular formula is C23H23N7O. The van der Waals surface area contributed by atoms with Gasteiger partial charge in [0.25, 0.3) is 5.91 Å². The van der Waals surface area contributed by atoms with Crippen molar-refractivity contribution in [3.05, 3.63) is 83.6 Å². The minimum Gasteiger partial charge on any atom is -0.364 e. The molecule has 4 heterocycles. The maximum Gasteiger partial charge on any atom is 0.269 e. The summed E-state index contributed by atoms with van der Waals surface area (Å²) in [5.74, 6) is -0.479. The lowest BCUT2D eigenvalue weighted by Crippen LogP contribution is -2.31. The second kappa shape index (κ2) is 7.81. The summed E-state index contributed by atoms with van der Waals surface area (Å²) < 4.78 is 3.70. The van der Waals surface area contributed by atoms with Crippen molar-refractivity contribution in [1.29, 1.82) is 0 Å². The molecule has 8 heteroatoms. The molecule has 0 unspecified atom stereocenters. The highest BCUT2D eigenvalue weighted by Crippen LogP contribution is 2.28. The molecule has 4 aromatic rings. The molecular weight excluding hydrogens is 390 g/mol. The number of primary amides is 1. The van der Waals surface area contributed by atoms with E-state index >= 15 is 0 Å². The normalized spacial score (nSPS) is 13.8. The molecule has 3 aromatic heterocycles. The topological polar surface area (TPSA) is 94.9 Å². The van der Waals surface area contributed by atoms with Gasteiger partial charge in [-0.1, -0.05) is 18.2 Å². The average molecular weight is 413 g/mol. The van der Waals surface area contributed by atoms with Crippen LogP contribution in [-0.2, 0) is 26.6 Å². The van der Waals surface area contributed by atoms with Gasteiger partial charge < -0.3 is 5.73 Å². The maximum atomic E-state index is 11.9. The quantitative estimate of drug-likeness (QED) is 0.542. The van der Waals surface area contributed by atoms with Crippen LogP contribution in [0.1, 0.15) is 27.3 Å². The van der Waals surface area contributed by atoms with Gasteiger partial charge in [-0.15, -0.1) is 0 Å². The van der Waals surface area contributed by atoms with E-state index in [-0.39, 0.29) is 0 Å². The number of aryl methyl sites for hydroxylation is 1. The number of carbonyl (C=O) groups excluding carboxylic acids is 1. The Hall–Kier alpha value is -3.78. The van der Waals surface area contributed by atoms with Crippen molar-refractivity contribution in [1.82, 2.24) is 29.4 Å². The van der Waals surface area contributed by atoms with Crippen LogP contribution in [0.4, 0.5) is 0 Å². The third-order valence-corrected chi connectivity index (χ3v) is 5.71. The number of rotatable bonds is 5. The number of pyridine rings is 1. The summed E-state index contributed by atoms with van der Waals surface area (Å²) in [6, 6.07) is 14.0. The molecule has 0 saturated heterocycles. The number of amides is 1. The van der Waals surface area contributed by atoms with E-state index in [1.54, 1.807) is 17.1 Å². The van der Waals surface area contributed by atoms with Gasteiger partial charge in [-0.3, -0.25) is 19.4 Å². The van der Waals surface area contributed by atoms with E-state index in [0.29, 0.717) is 18.8 Å². The predicted octanol–water partition coefficient (Wildman–Crippen LogP) is 2.32. The number of nitrogens with two attached hydrogens (primary N) is 1. The van der Waals surface area contributed by atoms with Gasteiger partial charge in [-0.2, -0.15) is 10.2 Å². The Bertz CT molecular complexity index is 1230. The van der Waals surface area contributed by atoms with Gasteiger partial charge in [-0.05, 0) is 24.3 Å². The molecule has 0 radical (unpaired) electrons. The maximum absolute atomic E-state index is 11.9. The number of para-hydroxylation sites is 1. The van der Waals surface area contributed by atoms with Gasteiger partial charge in [0.1, 0.15) is 0 Å². The lowest BCUT2D eigenvalue weighted by atomic mass is 10.0. The van der Waals surface area contributed by atoms with Crippen LogP contribution >= 0.6 is 0 Å². The van der Waals surface area contributed by atoms with E-state index in [4.69, 9.17) is 10.8 Å². The fourth-order valence-electron chi connectivity index (χ4n) is 4.21. The molecule has 5 rings (SSSR count). The molecule has 1 aliphatic rings. The summed E-state index contributed by atoms with van der Waals surface area (Å²) >= 11 is 0. The Morgan fingerprint density at radius 1 is 1.10 bits per heavy atom. The molecule has 0 saturated carbocycles. The Balaban J connectivity index is 1.49. The summed E-state index contributed by atoms with van der Waals surface area (Å²) in [5.41, 5.74) is 12.0. The van der Waals surface area contributed by atoms with Gasteiger partial charge >= 0.3 is 0 Å². The highest BCUT2D eigenvalue weighted by Gasteiger charge is 2.27. The zero-order chi connectivity index (χ0) is 21.4. The average Bonchev–Trinajstić information content (AvgIpc) is 3.36. The first-order chi connectivity index (χ1) is 15.1. The van der Waals surface area contributed by atoms with E-state index in [2.05, 4.69) is 21.2 Å². The van der Waals surface area contributed by atoms with Crippen LogP contribution in [0.5, 0.6) is 0 Å². The monoisotopic (exact) mass is 413 g/mol. The lowest BCUT2D eigenvalue weighted by molar-refractivity contribution is 0.0992. The lowest BCUT2D eigenvalue weighted by Gasteiger charge is -2.27. The molecule has 1 amide bonds. The number of aromatic nitrogens is 5. The molecule has 0 aliphatic carbocycles. The zero-order valence-electron chi connectivity index (χ0n) is 17.3. The van der Waals surface area contributed by atoms with Crippen molar-refractivity contribution in [3.63, 3.8) is 0 Å². The summed E-state index contributed by atoms with van der Waals surface area (Å²) in [5, 5.41) is 9.22. The number of fused-ring (bicyclic) bond motifs is 1. The molecule has 0 bridgehead atoms. The molecule has 1 aromatic carbocycles. The van der Waals surface area contributed by atoms with Gasteiger partial charge in [-0.25, -0.2) is 4.68 Å². The molecule has 2 N–H and O–H groups in total.